The highest BCUT2D eigenvalue weighted by atomic mass is 15.5. The summed E-state index contributed by atoms with van der Waals surface area (Å²) in [5.41, 5.74) is 1.72. The molecular weight excluding hydrogens is 314 g/mol. The average Bonchev–Trinajstić information content (AvgIpc) is 3.25. The topological polar surface area (TPSA) is 74.3 Å². The van der Waals surface area contributed by atoms with Gasteiger partial charge in [-0.3, -0.25) is 0 Å². The maximum Gasteiger partial charge on any atom is 0.185 e. The largest absolute Gasteiger partial charge is 0.237 e. The minimum atomic E-state index is 0.449. The maximum atomic E-state index is 4.79. The van der Waals surface area contributed by atoms with E-state index in [1.807, 2.05) is 48.5 Å². The van der Waals surface area contributed by atoms with Gasteiger partial charge in [0.25, 0.3) is 0 Å². The van der Waals surface area contributed by atoms with Gasteiger partial charge in [0.1, 0.15) is 5.69 Å². The zero-order valence-electron chi connectivity index (χ0n) is 13.4. The fraction of sp³-hybridized carbons (Fsp3) is 0.167. The van der Waals surface area contributed by atoms with Crippen molar-refractivity contribution in [3.8, 4) is 23.0 Å². The fourth-order valence-corrected chi connectivity index (χ4v) is 2.79. The molecule has 1 saturated carbocycles. The van der Waals surface area contributed by atoms with Gasteiger partial charge in [0.05, 0.1) is 11.9 Å². The number of pyridine rings is 1. The highest BCUT2D eigenvalue weighted by Gasteiger charge is 2.30. The first kappa shape index (κ1) is 14.0. The Balaban J connectivity index is 1.69. The molecule has 25 heavy (non-hydrogen) atoms. The standard InChI is InChI=1S/C18H15N7/c1-2-6-14(7-3-1)24-15(12-20-23-24)18-21-17(13-9-10-13)22-25(18)16-8-4-5-11-19-16/h1-8,11-13H,9-10H2. The lowest BCUT2D eigenvalue weighted by Gasteiger charge is -2.07. The Hall–Kier alpha value is -3.35. The Morgan fingerprint density at radius 1 is 0.920 bits per heavy atom. The average molecular weight is 329 g/mol. The molecule has 0 saturated heterocycles. The van der Waals surface area contributed by atoms with Crippen LogP contribution in [-0.2, 0) is 0 Å². The van der Waals surface area contributed by atoms with E-state index in [9.17, 15) is 0 Å². The molecule has 0 bridgehead atoms. The third-order valence-electron chi connectivity index (χ3n) is 4.21. The molecule has 5 rings (SSSR count). The summed E-state index contributed by atoms with van der Waals surface area (Å²) in [5.74, 6) is 2.75. The summed E-state index contributed by atoms with van der Waals surface area (Å²) in [4.78, 5) is 9.21. The summed E-state index contributed by atoms with van der Waals surface area (Å²) >= 11 is 0. The van der Waals surface area contributed by atoms with Crippen molar-refractivity contribution in [1.82, 2.24) is 34.7 Å². The third-order valence-corrected chi connectivity index (χ3v) is 4.21. The van der Waals surface area contributed by atoms with E-state index in [2.05, 4.69) is 15.3 Å². The van der Waals surface area contributed by atoms with Crippen LogP contribution in [0.5, 0.6) is 0 Å². The molecule has 1 aromatic carbocycles. The molecule has 4 aromatic rings. The van der Waals surface area contributed by atoms with Gasteiger partial charge in [-0.15, -0.1) is 10.2 Å². The molecular formula is C18H15N7. The molecule has 0 N–H and O–H groups in total. The van der Waals surface area contributed by atoms with Crippen LogP contribution in [-0.4, -0.2) is 34.7 Å². The molecule has 1 aliphatic rings. The molecule has 0 amide bonds. The number of hydrogen-bond donors (Lipinski definition) is 0. The Labute approximate surface area is 144 Å². The molecule has 3 heterocycles. The van der Waals surface area contributed by atoms with E-state index < -0.39 is 0 Å². The number of benzene rings is 1. The van der Waals surface area contributed by atoms with Gasteiger partial charge >= 0.3 is 0 Å². The fourth-order valence-electron chi connectivity index (χ4n) is 2.79. The normalized spacial score (nSPS) is 13.9. The van der Waals surface area contributed by atoms with Gasteiger partial charge in [-0.25, -0.2) is 14.6 Å². The second-order valence-electron chi connectivity index (χ2n) is 6.03. The van der Waals surface area contributed by atoms with Crippen LogP contribution in [0, 0.1) is 0 Å². The van der Waals surface area contributed by atoms with Gasteiger partial charge < -0.3 is 0 Å². The summed E-state index contributed by atoms with van der Waals surface area (Å²) in [6, 6.07) is 15.6. The van der Waals surface area contributed by atoms with E-state index in [4.69, 9.17) is 10.1 Å². The molecule has 1 fully saturated rings. The van der Waals surface area contributed by atoms with Crippen LogP contribution < -0.4 is 0 Å². The summed E-state index contributed by atoms with van der Waals surface area (Å²) < 4.78 is 3.56. The van der Waals surface area contributed by atoms with Gasteiger partial charge in [0, 0.05) is 12.1 Å². The molecule has 3 aromatic heterocycles. The Kier molecular flexibility index (Phi) is 3.16. The van der Waals surface area contributed by atoms with Crippen molar-refractivity contribution in [3.63, 3.8) is 0 Å². The Bertz CT molecular complexity index is 1000. The van der Waals surface area contributed by atoms with Crippen LogP contribution >= 0.6 is 0 Å². The highest BCUT2D eigenvalue weighted by Crippen LogP contribution is 2.39. The van der Waals surface area contributed by atoms with Gasteiger partial charge in [-0.1, -0.05) is 29.5 Å². The maximum absolute atomic E-state index is 4.79. The zero-order chi connectivity index (χ0) is 16.6. The Morgan fingerprint density at radius 2 is 1.76 bits per heavy atom. The zero-order valence-corrected chi connectivity index (χ0v) is 13.4. The van der Waals surface area contributed by atoms with Crippen LogP contribution in [0.4, 0.5) is 0 Å². The molecule has 7 heteroatoms. The lowest BCUT2D eigenvalue weighted by Crippen LogP contribution is -2.06. The number of para-hydroxylation sites is 1. The molecule has 0 aliphatic heterocycles. The lowest BCUT2D eigenvalue weighted by molar-refractivity contribution is 0.787. The van der Waals surface area contributed by atoms with Crippen molar-refractivity contribution in [2.45, 2.75) is 18.8 Å². The van der Waals surface area contributed by atoms with Crippen molar-refractivity contribution in [2.24, 2.45) is 0 Å². The number of hydrogen-bond acceptors (Lipinski definition) is 5. The molecule has 7 nitrogen and oxygen atoms in total. The third kappa shape index (κ3) is 2.50. The Morgan fingerprint density at radius 3 is 2.52 bits per heavy atom. The van der Waals surface area contributed by atoms with Gasteiger partial charge in [-0.05, 0) is 37.1 Å². The van der Waals surface area contributed by atoms with E-state index in [-0.39, 0.29) is 0 Å². The van der Waals surface area contributed by atoms with Crippen molar-refractivity contribution >= 4 is 0 Å². The molecule has 1 aliphatic carbocycles. The first-order valence-electron chi connectivity index (χ1n) is 8.25. The van der Waals surface area contributed by atoms with Crippen LogP contribution in [0.2, 0.25) is 0 Å². The predicted octanol–water partition coefficient (Wildman–Crippen LogP) is 2.79. The number of rotatable bonds is 4. The van der Waals surface area contributed by atoms with E-state index >= 15 is 0 Å². The van der Waals surface area contributed by atoms with Crippen molar-refractivity contribution in [1.29, 1.82) is 0 Å². The van der Waals surface area contributed by atoms with Gasteiger partial charge in [-0.2, -0.15) is 4.68 Å². The van der Waals surface area contributed by atoms with Crippen LogP contribution in [0.1, 0.15) is 24.6 Å². The lowest BCUT2D eigenvalue weighted by atomic mass is 10.3. The molecule has 0 radical (unpaired) electrons. The predicted molar refractivity (Wildman–Crippen MR) is 91.5 cm³/mol. The summed E-state index contributed by atoms with van der Waals surface area (Å²) in [6.45, 7) is 0. The minimum absolute atomic E-state index is 0.449. The smallest absolute Gasteiger partial charge is 0.185 e. The second-order valence-corrected chi connectivity index (χ2v) is 6.03. The monoisotopic (exact) mass is 329 g/mol. The molecule has 122 valence electrons. The van der Waals surface area contributed by atoms with Crippen molar-refractivity contribution in [3.05, 3.63) is 66.7 Å². The van der Waals surface area contributed by atoms with E-state index in [1.54, 1.807) is 21.8 Å². The number of nitrogens with zero attached hydrogens (tertiary/aromatic N) is 7. The second kappa shape index (κ2) is 5.62. The van der Waals surface area contributed by atoms with E-state index in [1.165, 1.54) is 0 Å². The minimum Gasteiger partial charge on any atom is -0.237 e. The summed E-state index contributed by atoms with van der Waals surface area (Å²) in [7, 11) is 0. The molecule has 0 unspecified atom stereocenters. The van der Waals surface area contributed by atoms with Crippen molar-refractivity contribution < 1.29 is 0 Å². The first-order valence-corrected chi connectivity index (χ1v) is 8.25. The SMILES string of the molecule is c1ccc(-n2nncc2-c2nc(C3CC3)nn2-c2ccccn2)cc1. The van der Waals surface area contributed by atoms with E-state index in [0.717, 1.165) is 35.9 Å². The summed E-state index contributed by atoms with van der Waals surface area (Å²) in [6.07, 6.45) is 5.75. The highest BCUT2D eigenvalue weighted by molar-refractivity contribution is 5.55. The van der Waals surface area contributed by atoms with Gasteiger partial charge in [0.2, 0.25) is 0 Å². The number of aromatic nitrogens is 7. The molecule has 0 atom stereocenters. The first-order chi connectivity index (χ1) is 12.4. The van der Waals surface area contributed by atoms with Crippen LogP contribution in [0.15, 0.2) is 60.9 Å². The van der Waals surface area contributed by atoms with Crippen molar-refractivity contribution in [2.75, 3.05) is 0 Å². The van der Waals surface area contributed by atoms with E-state index in [0.29, 0.717) is 11.7 Å². The molecule has 0 spiro atoms. The quantitative estimate of drug-likeness (QED) is 0.575. The van der Waals surface area contributed by atoms with Crippen LogP contribution in [0.3, 0.4) is 0 Å². The summed E-state index contributed by atoms with van der Waals surface area (Å²) in [5, 5.41) is 13.0. The van der Waals surface area contributed by atoms with Gasteiger partial charge in [0.15, 0.2) is 17.5 Å². The van der Waals surface area contributed by atoms with Crippen LogP contribution in [0.25, 0.3) is 23.0 Å².